The molecule has 0 fully saturated rings. The van der Waals surface area contributed by atoms with Crippen LogP contribution in [0.4, 0.5) is 0 Å². The summed E-state index contributed by atoms with van der Waals surface area (Å²) in [5.41, 5.74) is 10.0. The quantitative estimate of drug-likeness (QED) is 0.887. The van der Waals surface area contributed by atoms with E-state index in [-0.39, 0.29) is 6.04 Å². The van der Waals surface area contributed by atoms with Crippen LogP contribution in [-0.4, -0.2) is 11.0 Å². The molecule has 2 aromatic rings. The zero-order valence-corrected chi connectivity index (χ0v) is 11.7. The van der Waals surface area contributed by atoms with Crippen molar-refractivity contribution in [2.45, 2.75) is 38.6 Å². The first-order valence-corrected chi connectivity index (χ1v) is 6.89. The van der Waals surface area contributed by atoms with Crippen LogP contribution in [0.15, 0.2) is 48.7 Å². The first kappa shape index (κ1) is 13.8. The Balaban J connectivity index is 1.90. The van der Waals surface area contributed by atoms with Gasteiger partial charge >= 0.3 is 0 Å². The Bertz CT molecular complexity index is 490. The fraction of sp³-hybridized carbons (Fsp3) is 0.353. The molecule has 0 aliphatic rings. The normalized spacial score (nSPS) is 14.1. The number of aromatic nitrogens is 1. The van der Waals surface area contributed by atoms with Gasteiger partial charge in [-0.05, 0) is 37.5 Å². The molecule has 19 heavy (non-hydrogen) atoms. The Morgan fingerprint density at radius 1 is 1.11 bits per heavy atom. The third kappa shape index (κ3) is 3.90. The van der Waals surface area contributed by atoms with Gasteiger partial charge < -0.3 is 5.73 Å². The summed E-state index contributed by atoms with van der Waals surface area (Å²) >= 11 is 0. The Morgan fingerprint density at radius 3 is 2.47 bits per heavy atom. The van der Waals surface area contributed by atoms with Crippen LogP contribution in [0.2, 0.25) is 0 Å². The molecular formula is C17H22N2. The third-order valence-corrected chi connectivity index (χ3v) is 3.68. The van der Waals surface area contributed by atoms with Gasteiger partial charge in [-0.1, -0.05) is 42.8 Å². The fourth-order valence-corrected chi connectivity index (χ4v) is 2.20. The van der Waals surface area contributed by atoms with Crippen LogP contribution < -0.4 is 5.73 Å². The summed E-state index contributed by atoms with van der Waals surface area (Å²) in [4.78, 5) is 4.39. The molecule has 0 bridgehead atoms. The summed E-state index contributed by atoms with van der Waals surface area (Å²) in [6, 6.07) is 14.8. The van der Waals surface area contributed by atoms with E-state index in [1.807, 2.05) is 18.3 Å². The molecule has 2 nitrogen and oxygen atoms in total. The van der Waals surface area contributed by atoms with E-state index in [9.17, 15) is 0 Å². The maximum Gasteiger partial charge on any atom is 0.0447 e. The Hall–Kier alpha value is -1.67. The van der Waals surface area contributed by atoms with E-state index < -0.39 is 0 Å². The SMILES string of the molecule is Cc1ccc(CCC(N)C(C)c2ccccn2)cc1. The second kappa shape index (κ2) is 6.48. The number of hydrogen-bond acceptors (Lipinski definition) is 2. The van der Waals surface area contributed by atoms with Gasteiger partial charge in [0.25, 0.3) is 0 Å². The van der Waals surface area contributed by atoms with Gasteiger partial charge in [-0.25, -0.2) is 0 Å². The number of nitrogens with zero attached hydrogens (tertiary/aromatic N) is 1. The zero-order chi connectivity index (χ0) is 13.7. The standard InChI is InChI=1S/C17H22N2/c1-13-6-8-15(9-7-13)10-11-16(18)14(2)17-5-3-4-12-19-17/h3-9,12,14,16H,10-11,18H2,1-2H3. The van der Waals surface area contributed by atoms with E-state index >= 15 is 0 Å². The largest absolute Gasteiger partial charge is 0.327 e. The van der Waals surface area contributed by atoms with Crippen molar-refractivity contribution in [1.29, 1.82) is 0 Å². The molecule has 2 atom stereocenters. The van der Waals surface area contributed by atoms with Crippen LogP contribution in [0, 0.1) is 6.92 Å². The number of nitrogens with two attached hydrogens (primary N) is 1. The lowest BCUT2D eigenvalue weighted by Gasteiger charge is -2.19. The van der Waals surface area contributed by atoms with Crippen molar-refractivity contribution in [2.75, 3.05) is 0 Å². The van der Waals surface area contributed by atoms with Crippen molar-refractivity contribution < 1.29 is 0 Å². The molecule has 2 heteroatoms. The smallest absolute Gasteiger partial charge is 0.0447 e. The Kier molecular flexibility index (Phi) is 4.69. The van der Waals surface area contributed by atoms with Gasteiger partial charge in [-0.3, -0.25) is 4.98 Å². The highest BCUT2D eigenvalue weighted by molar-refractivity contribution is 5.21. The average molecular weight is 254 g/mol. The van der Waals surface area contributed by atoms with E-state index in [2.05, 4.69) is 49.2 Å². The second-order valence-corrected chi connectivity index (χ2v) is 5.23. The lowest BCUT2D eigenvalue weighted by atomic mass is 9.93. The highest BCUT2D eigenvalue weighted by Gasteiger charge is 2.15. The molecule has 100 valence electrons. The minimum atomic E-state index is 0.149. The average Bonchev–Trinajstić information content (AvgIpc) is 2.46. The van der Waals surface area contributed by atoms with Crippen molar-refractivity contribution in [3.05, 3.63) is 65.5 Å². The summed E-state index contributed by atoms with van der Waals surface area (Å²) in [5.74, 6) is 0.298. The second-order valence-electron chi connectivity index (χ2n) is 5.23. The minimum Gasteiger partial charge on any atom is -0.327 e. The summed E-state index contributed by atoms with van der Waals surface area (Å²) in [5, 5.41) is 0. The molecule has 0 aliphatic carbocycles. The van der Waals surface area contributed by atoms with Crippen molar-refractivity contribution in [3.63, 3.8) is 0 Å². The number of hydrogen-bond donors (Lipinski definition) is 1. The molecule has 2 rings (SSSR count). The molecule has 1 heterocycles. The van der Waals surface area contributed by atoms with Crippen LogP contribution in [0.1, 0.15) is 36.1 Å². The van der Waals surface area contributed by atoms with E-state index in [0.717, 1.165) is 18.5 Å². The predicted molar refractivity (Wildman–Crippen MR) is 80.1 cm³/mol. The van der Waals surface area contributed by atoms with Crippen LogP contribution in [-0.2, 0) is 6.42 Å². The first-order chi connectivity index (χ1) is 9.16. The molecule has 0 aliphatic heterocycles. The zero-order valence-electron chi connectivity index (χ0n) is 11.7. The number of benzene rings is 1. The van der Waals surface area contributed by atoms with Crippen LogP contribution in [0.3, 0.4) is 0 Å². The van der Waals surface area contributed by atoms with Crippen LogP contribution >= 0.6 is 0 Å². The molecule has 1 aromatic carbocycles. The number of rotatable bonds is 5. The Labute approximate surface area is 115 Å². The third-order valence-electron chi connectivity index (χ3n) is 3.68. The van der Waals surface area contributed by atoms with Gasteiger partial charge in [-0.15, -0.1) is 0 Å². The molecule has 0 spiro atoms. The minimum absolute atomic E-state index is 0.149. The highest BCUT2D eigenvalue weighted by atomic mass is 14.7. The number of aryl methyl sites for hydroxylation is 2. The van der Waals surface area contributed by atoms with Gasteiger partial charge in [0.2, 0.25) is 0 Å². The Morgan fingerprint density at radius 2 is 1.84 bits per heavy atom. The fourth-order valence-electron chi connectivity index (χ4n) is 2.20. The molecule has 2 unspecified atom stereocenters. The van der Waals surface area contributed by atoms with Gasteiger partial charge in [0, 0.05) is 23.9 Å². The van der Waals surface area contributed by atoms with Gasteiger partial charge in [0.15, 0.2) is 0 Å². The highest BCUT2D eigenvalue weighted by Crippen LogP contribution is 2.19. The molecule has 2 N–H and O–H groups in total. The monoisotopic (exact) mass is 254 g/mol. The lowest BCUT2D eigenvalue weighted by molar-refractivity contribution is 0.520. The molecule has 0 saturated carbocycles. The topological polar surface area (TPSA) is 38.9 Å². The summed E-state index contributed by atoms with van der Waals surface area (Å²) in [7, 11) is 0. The lowest BCUT2D eigenvalue weighted by Crippen LogP contribution is -2.27. The maximum absolute atomic E-state index is 6.29. The van der Waals surface area contributed by atoms with Crippen LogP contribution in [0.25, 0.3) is 0 Å². The summed E-state index contributed by atoms with van der Waals surface area (Å²) in [6.45, 7) is 4.26. The van der Waals surface area contributed by atoms with Gasteiger partial charge in [0.1, 0.15) is 0 Å². The molecule has 1 aromatic heterocycles. The van der Waals surface area contributed by atoms with E-state index in [1.165, 1.54) is 11.1 Å². The number of pyridine rings is 1. The molecule has 0 radical (unpaired) electrons. The van der Waals surface area contributed by atoms with Gasteiger partial charge in [-0.2, -0.15) is 0 Å². The van der Waals surface area contributed by atoms with Crippen molar-refractivity contribution >= 4 is 0 Å². The molecular weight excluding hydrogens is 232 g/mol. The van der Waals surface area contributed by atoms with Crippen molar-refractivity contribution in [1.82, 2.24) is 4.98 Å². The summed E-state index contributed by atoms with van der Waals surface area (Å²) in [6.07, 6.45) is 3.85. The first-order valence-electron chi connectivity index (χ1n) is 6.89. The molecule has 0 amide bonds. The maximum atomic E-state index is 6.29. The van der Waals surface area contributed by atoms with Crippen molar-refractivity contribution in [2.24, 2.45) is 5.73 Å². The van der Waals surface area contributed by atoms with Crippen molar-refractivity contribution in [3.8, 4) is 0 Å². The van der Waals surface area contributed by atoms with Gasteiger partial charge in [0.05, 0.1) is 0 Å². The van der Waals surface area contributed by atoms with E-state index in [4.69, 9.17) is 5.73 Å². The molecule has 0 saturated heterocycles. The van der Waals surface area contributed by atoms with E-state index in [0.29, 0.717) is 5.92 Å². The van der Waals surface area contributed by atoms with Crippen LogP contribution in [0.5, 0.6) is 0 Å². The predicted octanol–water partition coefficient (Wildman–Crippen LogP) is 3.45. The van der Waals surface area contributed by atoms with E-state index in [1.54, 1.807) is 0 Å². The summed E-state index contributed by atoms with van der Waals surface area (Å²) < 4.78 is 0.